The molecule has 10 rings (SSSR count). The summed E-state index contributed by atoms with van der Waals surface area (Å²) in [6.45, 7) is 8.77. The van der Waals surface area contributed by atoms with E-state index in [1.807, 2.05) is 48.5 Å². The van der Waals surface area contributed by atoms with Crippen LogP contribution in [0.3, 0.4) is 0 Å². The molecule has 10 aromatic rings. The minimum Gasteiger partial charge on any atom is -0.508 e. The molecule has 0 spiro atoms. The molecule has 8 unspecified atom stereocenters. The van der Waals surface area contributed by atoms with Gasteiger partial charge in [-0.3, -0.25) is 0 Å². The molecule has 0 aliphatic heterocycles. The fourth-order valence-electron chi connectivity index (χ4n) is 16.0. The van der Waals surface area contributed by atoms with E-state index in [2.05, 4.69) is 123 Å². The molecule has 26 heteroatoms. The van der Waals surface area contributed by atoms with Gasteiger partial charge in [-0.2, -0.15) is 0 Å². The number of ether oxygens (including phenoxy) is 4. The van der Waals surface area contributed by atoms with E-state index in [4.69, 9.17) is 18.9 Å². The first-order chi connectivity index (χ1) is 66.8. The van der Waals surface area contributed by atoms with E-state index >= 15 is 0 Å². The lowest BCUT2D eigenvalue weighted by Crippen LogP contribution is -2.29. The Kier molecular flexibility index (Phi) is 55.2. The van der Waals surface area contributed by atoms with Crippen LogP contribution in [0.2, 0.25) is 0 Å². The number of nitrogens with one attached hydrogen (secondary N) is 6. The van der Waals surface area contributed by atoms with Gasteiger partial charge in [0.2, 0.25) is 0 Å². The molecular weight excluding hydrogens is 1740 g/mol. The molecule has 22 N–H and O–H groups in total. The third-order valence-electron chi connectivity index (χ3n) is 24.3. The van der Waals surface area contributed by atoms with Gasteiger partial charge in [0, 0.05) is 80.3 Å². The molecule has 0 bridgehead atoms. The van der Waals surface area contributed by atoms with Crippen molar-refractivity contribution in [3.8, 4) is 40.2 Å². The lowest BCUT2D eigenvalue weighted by Gasteiger charge is -2.20. The number of aryl methyl sites for hydroxylation is 4. The van der Waals surface area contributed by atoms with Crippen molar-refractivity contribution in [1.82, 2.24) is 31.9 Å². The number of aliphatic hydroxyl groups is 11. The van der Waals surface area contributed by atoms with Crippen LogP contribution < -0.4 is 41.4 Å². The molecule has 0 aliphatic carbocycles. The summed E-state index contributed by atoms with van der Waals surface area (Å²) >= 11 is 0. The smallest absolute Gasteiger partial charge is 0.161 e. The number of aliphatic hydroxyl groups excluding tert-OH is 11. The van der Waals surface area contributed by atoms with Crippen molar-refractivity contribution in [2.45, 2.75) is 211 Å². The summed E-state index contributed by atoms with van der Waals surface area (Å²) in [6.07, 6.45) is 16.4. The maximum Gasteiger partial charge on any atom is 0.161 e. The Labute approximate surface area is 810 Å². The van der Waals surface area contributed by atoms with Gasteiger partial charge in [-0.1, -0.05) is 190 Å². The van der Waals surface area contributed by atoms with Crippen molar-refractivity contribution >= 4 is 0 Å². The molecule has 0 saturated carbocycles. The number of benzene rings is 10. The van der Waals surface area contributed by atoms with Crippen LogP contribution in [0.1, 0.15) is 229 Å². The third kappa shape index (κ3) is 44.4. The molecule has 0 fully saturated rings. The quantitative estimate of drug-likeness (QED) is 0.0157. The summed E-state index contributed by atoms with van der Waals surface area (Å²) in [4.78, 5) is 0. The molecule has 10 aromatic carbocycles. The van der Waals surface area contributed by atoms with Crippen LogP contribution in [0.15, 0.2) is 231 Å². The van der Waals surface area contributed by atoms with Gasteiger partial charge in [0.1, 0.15) is 28.7 Å². The van der Waals surface area contributed by atoms with Gasteiger partial charge < -0.3 is 133 Å². The highest BCUT2D eigenvalue weighted by molar-refractivity contribution is 5.44. The predicted octanol–water partition coefficient (Wildman–Crippen LogP) is 14.3. The summed E-state index contributed by atoms with van der Waals surface area (Å²) in [5, 5.41) is 178. The van der Waals surface area contributed by atoms with E-state index in [9.17, 15) is 81.7 Å². The summed E-state index contributed by atoms with van der Waals surface area (Å²) in [5.74, 6) is 2.00. The molecule has 0 aliphatic rings. The summed E-state index contributed by atoms with van der Waals surface area (Å²) in [5.41, 5.74) is 11.3. The first kappa shape index (κ1) is 112. The van der Waals surface area contributed by atoms with Crippen molar-refractivity contribution in [3.05, 3.63) is 314 Å². The van der Waals surface area contributed by atoms with Crippen molar-refractivity contribution < 1.29 is 101 Å². The topological polar surface area (TPSA) is 433 Å². The normalized spacial score (nSPS) is 13.2. The second-order valence-corrected chi connectivity index (χ2v) is 35.1. The first-order valence-electron chi connectivity index (χ1n) is 49.1. The van der Waals surface area contributed by atoms with Crippen molar-refractivity contribution in [3.63, 3.8) is 0 Å². The molecule has 0 amide bonds. The van der Waals surface area contributed by atoms with Crippen LogP contribution in [-0.4, -0.2) is 199 Å². The summed E-state index contributed by atoms with van der Waals surface area (Å²) < 4.78 is 24.8. The lowest BCUT2D eigenvalue weighted by molar-refractivity contribution is -0.0222. The molecule has 0 heterocycles. The van der Waals surface area contributed by atoms with Crippen molar-refractivity contribution in [2.24, 2.45) is 5.92 Å². The van der Waals surface area contributed by atoms with E-state index in [1.165, 1.54) is 52.6 Å². The molecule has 26 nitrogen and oxygen atoms in total. The largest absolute Gasteiger partial charge is 0.508 e. The zero-order valence-corrected chi connectivity index (χ0v) is 79.8. The number of aromatic hydroxyl groups is 5. The molecular formula is C111H154N6O20. The summed E-state index contributed by atoms with van der Waals surface area (Å²) in [7, 11) is 0. The monoisotopic (exact) mass is 1890 g/mol. The highest BCUT2D eigenvalue weighted by atomic mass is 16.5. The van der Waals surface area contributed by atoms with E-state index in [0.717, 1.165) is 172 Å². The SMILES string of the molecule is OC(CNCCCc1ccc(OCCCc2ccccc2)c(OCCCc2ccccc2)c1)c1ccccc1.OCc1cc(C(O)CNCCCCC(CCCNCC(O)c2ccc(O)c(CO)c2)CNCC(O)c2ccc(O)c(CO)c2)ccc1O.OCc1cc(C(O)CNCCCCCCOCC(CCc2ccccc2)OCCCCCCNCC(O)c2ccc(O)c(CO)c2)ccc1O. The first-order valence-corrected chi connectivity index (χ1v) is 49.1. The average Bonchev–Trinajstić information content (AvgIpc) is 0.880. The minimum atomic E-state index is -0.802. The van der Waals surface area contributed by atoms with Gasteiger partial charge in [-0.15, -0.1) is 0 Å². The van der Waals surface area contributed by atoms with E-state index in [1.54, 1.807) is 60.7 Å². The van der Waals surface area contributed by atoms with Gasteiger partial charge in [0.05, 0.1) is 95.6 Å². The predicted molar refractivity (Wildman–Crippen MR) is 538 cm³/mol. The van der Waals surface area contributed by atoms with Crippen LogP contribution >= 0.6 is 0 Å². The van der Waals surface area contributed by atoms with E-state index < -0.39 is 36.6 Å². The van der Waals surface area contributed by atoms with Gasteiger partial charge in [-0.05, 0) is 276 Å². The summed E-state index contributed by atoms with van der Waals surface area (Å²) in [6, 6.07) is 71.4. The minimum absolute atomic E-state index is 0.00375. The zero-order chi connectivity index (χ0) is 97.7. The van der Waals surface area contributed by atoms with Gasteiger partial charge in [0.25, 0.3) is 0 Å². The van der Waals surface area contributed by atoms with Gasteiger partial charge in [-0.25, -0.2) is 0 Å². The Balaban J connectivity index is 0.000000254. The van der Waals surface area contributed by atoms with Gasteiger partial charge >= 0.3 is 0 Å². The Bertz CT molecular complexity index is 4840. The Morgan fingerprint density at radius 3 is 0.978 bits per heavy atom. The molecule has 137 heavy (non-hydrogen) atoms. The molecule has 748 valence electrons. The highest BCUT2D eigenvalue weighted by Gasteiger charge is 2.20. The van der Waals surface area contributed by atoms with Gasteiger partial charge in [0.15, 0.2) is 11.5 Å². The highest BCUT2D eigenvalue weighted by Crippen LogP contribution is 2.32. The Hall–Kier alpha value is -9.96. The molecule has 0 aromatic heterocycles. The maximum absolute atomic E-state index is 10.7. The number of hydrogen-bond acceptors (Lipinski definition) is 26. The lowest BCUT2D eigenvalue weighted by atomic mass is 9.96. The number of phenols is 5. The number of hydrogen-bond donors (Lipinski definition) is 22. The zero-order valence-electron chi connectivity index (χ0n) is 79.8. The standard InChI is InChI=1S/C40H60N2O8.C36H53N3O9.C35H41NO3/c43-28-34-24-32(15-18-37(34)45)39(47)26-41-20-8-1-3-10-22-49-30-36(17-14-31-12-6-5-7-13-31)50-23-11-4-2-9-21-42-27-40(48)33-16-19-38(46)35(25-33)29-44;40-21-28-14-25(6-9-31(28)43)34(46)18-37-12-2-1-4-24(17-39-20-36(48)27-8-11-33(45)30(16-27)23-42)5-3-13-38-19-35(47)26-7-10-32(44)29(15-26)22-41;37-33(32-20-8-3-9-21-32)28-36-24-10-17-31-22-23-34(38-25-11-18-29-13-4-1-5-14-29)35(27-31)39-26-12-19-30-15-6-2-7-16-30/h5-7,12-13,15-16,18-19,24-25,36,39-48H,1-4,8-11,14,17,20-23,26-30H2;6-11,14-16,24,34-48H,1-5,12-13,17-23H2;1-9,13-16,20-23,27,33,36-37H,10-12,17-19,24-26,28H2. The van der Waals surface area contributed by atoms with E-state index in [0.29, 0.717) is 153 Å². The molecule has 8 atom stereocenters. The van der Waals surface area contributed by atoms with Crippen LogP contribution in [0, 0.1) is 5.92 Å². The Morgan fingerprint density at radius 1 is 0.241 bits per heavy atom. The van der Waals surface area contributed by atoms with E-state index in [-0.39, 0.29) is 67.9 Å². The second-order valence-electron chi connectivity index (χ2n) is 35.1. The fraction of sp³-hybridized carbons (Fsp3) is 0.459. The molecule has 0 radical (unpaired) electrons. The second kappa shape index (κ2) is 67.4. The number of unbranched alkanes of at least 4 members (excludes halogenated alkanes) is 7. The van der Waals surface area contributed by atoms with Crippen LogP contribution in [-0.2, 0) is 68.2 Å². The Morgan fingerprint density at radius 2 is 0.569 bits per heavy atom. The van der Waals surface area contributed by atoms with Crippen molar-refractivity contribution in [2.75, 3.05) is 112 Å². The fourth-order valence-corrected chi connectivity index (χ4v) is 16.0. The molecule has 0 saturated heterocycles. The number of rotatable bonds is 68. The third-order valence-corrected chi connectivity index (χ3v) is 24.3. The van der Waals surface area contributed by atoms with Crippen LogP contribution in [0.5, 0.6) is 40.2 Å². The van der Waals surface area contributed by atoms with Crippen LogP contribution in [0.25, 0.3) is 0 Å². The maximum atomic E-state index is 10.7. The van der Waals surface area contributed by atoms with Crippen LogP contribution in [0.4, 0.5) is 0 Å². The van der Waals surface area contributed by atoms with Crippen molar-refractivity contribution in [1.29, 1.82) is 0 Å². The average molecular weight is 1890 g/mol.